The summed E-state index contributed by atoms with van der Waals surface area (Å²) in [5.41, 5.74) is 1.15. The second-order valence-electron chi connectivity index (χ2n) is 3.59. The Morgan fingerprint density at radius 3 is 2.67 bits per heavy atom. The molecule has 0 aliphatic carbocycles. The summed E-state index contributed by atoms with van der Waals surface area (Å²) in [6, 6.07) is 5.42. The Bertz CT molecular complexity index is 310. The average molecular weight is 210 g/mol. The van der Waals surface area contributed by atoms with Gasteiger partial charge in [0.1, 0.15) is 0 Å². The lowest BCUT2D eigenvalue weighted by Crippen LogP contribution is -2.05. The van der Waals surface area contributed by atoms with Gasteiger partial charge in [-0.15, -0.1) is 0 Å². The van der Waals surface area contributed by atoms with Gasteiger partial charge in [0.15, 0.2) is 11.5 Å². The van der Waals surface area contributed by atoms with E-state index in [1.807, 2.05) is 19.1 Å². The van der Waals surface area contributed by atoms with Crippen molar-refractivity contribution in [3.05, 3.63) is 23.8 Å². The summed E-state index contributed by atoms with van der Waals surface area (Å²) in [6.45, 7) is 2.04. The highest BCUT2D eigenvalue weighted by atomic mass is 16.5. The van der Waals surface area contributed by atoms with Gasteiger partial charge in [-0.1, -0.05) is 6.07 Å². The molecule has 0 amide bonds. The van der Waals surface area contributed by atoms with Crippen LogP contribution in [0.5, 0.6) is 11.5 Å². The first-order valence-corrected chi connectivity index (χ1v) is 5.06. The molecule has 1 N–H and O–H groups in total. The molecule has 1 aromatic carbocycles. The lowest BCUT2D eigenvalue weighted by atomic mass is 10.1. The van der Waals surface area contributed by atoms with E-state index >= 15 is 0 Å². The second-order valence-corrected chi connectivity index (χ2v) is 3.59. The number of rotatable bonds is 5. The number of aromatic hydroxyl groups is 1. The van der Waals surface area contributed by atoms with Crippen molar-refractivity contribution in [1.29, 1.82) is 0 Å². The first-order valence-electron chi connectivity index (χ1n) is 5.06. The molecule has 1 rings (SSSR count). The molecular weight excluding hydrogens is 192 g/mol. The van der Waals surface area contributed by atoms with Crippen LogP contribution in [0, 0.1) is 0 Å². The van der Waals surface area contributed by atoms with E-state index in [2.05, 4.69) is 0 Å². The fraction of sp³-hybridized carbons (Fsp3) is 0.500. The topological polar surface area (TPSA) is 38.7 Å². The third-order valence-electron chi connectivity index (χ3n) is 2.49. The van der Waals surface area contributed by atoms with Gasteiger partial charge in [-0.05, 0) is 37.5 Å². The summed E-state index contributed by atoms with van der Waals surface area (Å²) in [5.74, 6) is 0.707. The number of methoxy groups -OCH3 is 2. The number of phenolic OH excluding ortho intramolecular Hbond substituents is 1. The molecule has 0 saturated carbocycles. The van der Waals surface area contributed by atoms with Crippen LogP contribution >= 0.6 is 0 Å². The predicted molar refractivity (Wildman–Crippen MR) is 59.5 cm³/mol. The minimum Gasteiger partial charge on any atom is -0.504 e. The zero-order valence-corrected chi connectivity index (χ0v) is 9.49. The van der Waals surface area contributed by atoms with Gasteiger partial charge in [0.2, 0.25) is 0 Å². The molecule has 0 aliphatic heterocycles. The fourth-order valence-corrected chi connectivity index (χ4v) is 1.37. The summed E-state index contributed by atoms with van der Waals surface area (Å²) >= 11 is 0. The standard InChI is InChI=1S/C12H18O3/c1-9(14-2)4-5-10-6-7-11(13)12(8-10)15-3/h6-9,13H,4-5H2,1-3H3. The lowest BCUT2D eigenvalue weighted by Gasteiger charge is -2.10. The number of benzene rings is 1. The monoisotopic (exact) mass is 210 g/mol. The molecule has 0 bridgehead atoms. The molecule has 1 atom stereocenters. The van der Waals surface area contributed by atoms with Crippen LogP contribution in [-0.4, -0.2) is 25.4 Å². The zero-order valence-electron chi connectivity index (χ0n) is 9.49. The SMILES string of the molecule is COc1cc(CCC(C)OC)ccc1O. The van der Waals surface area contributed by atoms with Crippen LogP contribution < -0.4 is 4.74 Å². The van der Waals surface area contributed by atoms with Crippen molar-refractivity contribution in [2.24, 2.45) is 0 Å². The lowest BCUT2D eigenvalue weighted by molar-refractivity contribution is 0.111. The van der Waals surface area contributed by atoms with E-state index < -0.39 is 0 Å². The van der Waals surface area contributed by atoms with Crippen LogP contribution in [0.4, 0.5) is 0 Å². The molecule has 0 spiro atoms. The quantitative estimate of drug-likeness (QED) is 0.810. The molecule has 15 heavy (non-hydrogen) atoms. The van der Waals surface area contributed by atoms with Crippen molar-refractivity contribution in [2.45, 2.75) is 25.9 Å². The summed E-state index contributed by atoms with van der Waals surface area (Å²) in [6.07, 6.45) is 2.14. The summed E-state index contributed by atoms with van der Waals surface area (Å²) in [7, 11) is 3.26. The molecule has 0 fully saturated rings. The van der Waals surface area contributed by atoms with Crippen LogP contribution in [0.1, 0.15) is 18.9 Å². The Hall–Kier alpha value is -1.22. The van der Waals surface area contributed by atoms with Gasteiger partial charge in [0, 0.05) is 7.11 Å². The Kier molecular flexibility index (Phi) is 4.43. The largest absolute Gasteiger partial charge is 0.504 e. The van der Waals surface area contributed by atoms with Crippen molar-refractivity contribution < 1.29 is 14.6 Å². The van der Waals surface area contributed by atoms with E-state index in [4.69, 9.17) is 9.47 Å². The minimum atomic E-state index is 0.182. The Morgan fingerprint density at radius 2 is 2.07 bits per heavy atom. The van der Waals surface area contributed by atoms with Crippen molar-refractivity contribution in [2.75, 3.05) is 14.2 Å². The van der Waals surface area contributed by atoms with Gasteiger partial charge < -0.3 is 14.6 Å². The van der Waals surface area contributed by atoms with E-state index in [1.165, 1.54) is 0 Å². The molecule has 0 heterocycles. The smallest absolute Gasteiger partial charge is 0.160 e. The average Bonchev–Trinajstić information content (AvgIpc) is 2.27. The summed E-state index contributed by atoms with van der Waals surface area (Å²) in [5, 5.41) is 9.41. The van der Waals surface area contributed by atoms with Crippen LogP contribution in [0.25, 0.3) is 0 Å². The van der Waals surface area contributed by atoms with E-state index in [0.717, 1.165) is 18.4 Å². The Labute approximate surface area is 90.6 Å². The number of phenols is 1. The number of ether oxygens (including phenoxy) is 2. The van der Waals surface area contributed by atoms with Crippen molar-refractivity contribution >= 4 is 0 Å². The van der Waals surface area contributed by atoms with Gasteiger partial charge in [-0.2, -0.15) is 0 Å². The first kappa shape index (κ1) is 11.9. The molecule has 1 aromatic rings. The van der Waals surface area contributed by atoms with Crippen LogP contribution in [0.15, 0.2) is 18.2 Å². The van der Waals surface area contributed by atoms with Gasteiger partial charge >= 0.3 is 0 Å². The predicted octanol–water partition coefficient (Wildman–Crippen LogP) is 2.37. The summed E-state index contributed by atoms with van der Waals surface area (Å²) < 4.78 is 10.2. The number of aryl methyl sites for hydroxylation is 1. The first-order chi connectivity index (χ1) is 7.17. The van der Waals surface area contributed by atoms with Crippen molar-refractivity contribution in [3.8, 4) is 11.5 Å². The van der Waals surface area contributed by atoms with Gasteiger partial charge in [-0.3, -0.25) is 0 Å². The molecular formula is C12H18O3. The maximum absolute atomic E-state index is 9.41. The highest BCUT2D eigenvalue weighted by molar-refractivity contribution is 5.41. The van der Waals surface area contributed by atoms with Gasteiger partial charge in [0.25, 0.3) is 0 Å². The van der Waals surface area contributed by atoms with Crippen LogP contribution in [-0.2, 0) is 11.2 Å². The second kappa shape index (κ2) is 5.61. The van der Waals surface area contributed by atoms with Crippen LogP contribution in [0.3, 0.4) is 0 Å². The van der Waals surface area contributed by atoms with E-state index in [-0.39, 0.29) is 11.9 Å². The van der Waals surface area contributed by atoms with Gasteiger partial charge in [-0.25, -0.2) is 0 Å². The molecule has 0 radical (unpaired) electrons. The fourth-order valence-electron chi connectivity index (χ4n) is 1.37. The highest BCUT2D eigenvalue weighted by Crippen LogP contribution is 2.26. The molecule has 0 aliphatic rings. The molecule has 1 unspecified atom stereocenters. The number of hydrogen-bond acceptors (Lipinski definition) is 3. The number of hydrogen-bond donors (Lipinski definition) is 1. The molecule has 0 aromatic heterocycles. The Balaban J connectivity index is 2.62. The molecule has 3 heteroatoms. The van der Waals surface area contributed by atoms with Crippen molar-refractivity contribution in [3.63, 3.8) is 0 Å². The van der Waals surface area contributed by atoms with E-state index in [1.54, 1.807) is 20.3 Å². The normalized spacial score (nSPS) is 12.5. The third-order valence-corrected chi connectivity index (χ3v) is 2.49. The molecule has 3 nitrogen and oxygen atoms in total. The Morgan fingerprint density at radius 1 is 1.33 bits per heavy atom. The maximum atomic E-state index is 9.41. The van der Waals surface area contributed by atoms with Crippen molar-refractivity contribution in [1.82, 2.24) is 0 Å². The van der Waals surface area contributed by atoms with Crippen LogP contribution in [0.2, 0.25) is 0 Å². The maximum Gasteiger partial charge on any atom is 0.160 e. The minimum absolute atomic E-state index is 0.182. The summed E-state index contributed by atoms with van der Waals surface area (Å²) in [4.78, 5) is 0. The zero-order chi connectivity index (χ0) is 11.3. The van der Waals surface area contributed by atoms with E-state index in [9.17, 15) is 5.11 Å². The highest BCUT2D eigenvalue weighted by Gasteiger charge is 2.04. The third kappa shape index (κ3) is 3.44. The molecule has 84 valence electrons. The molecule has 0 saturated heterocycles. The van der Waals surface area contributed by atoms with Gasteiger partial charge in [0.05, 0.1) is 13.2 Å². The van der Waals surface area contributed by atoms with E-state index in [0.29, 0.717) is 5.75 Å².